The summed E-state index contributed by atoms with van der Waals surface area (Å²) < 4.78 is 0. The molecule has 0 aliphatic carbocycles. The maximum absolute atomic E-state index is 11.6. The van der Waals surface area contributed by atoms with Crippen LogP contribution in [0.3, 0.4) is 0 Å². The largest absolute Gasteiger partial charge is 0.549 e. The van der Waals surface area contributed by atoms with Gasteiger partial charge in [-0.3, -0.25) is 4.79 Å². The molecule has 6 heteroatoms. The SMILES string of the molecule is O=C([O-])CSc1c(O)c2ccccc2[nH]c1=O. The van der Waals surface area contributed by atoms with E-state index in [9.17, 15) is 19.8 Å². The average molecular weight is 250 g/mol. The lowest BCUT2D eigenvalue weighted by Crippen LogP contribution is -2.25. The second kappa shape index (κ2) is 4.50. The van der Waals surface area contributed by atoms with Gasteiger partial charge in [0.2, 0.25) is 0 Å². The molecule has 0 fully saturated rings. The van der Waals surface area contributed by atoms with Crippen molar-refractivity contribution in [2.24, 2.45) is 0 Å². The first-order chi connectivity index (χ1) is 8.09. The third kappa shape index (κ3) is 2.26. The van der Waals surface area contributed by atoms with E-state index in [-0.39, 0.29) is 16.4 Å². The summed E-state index contributed by atoms with van der Waals surface area (Å²) in [5.41, 5.74) is 0.000231. The Kier molecular flexibility index (Phi) is 3.06. The number of fused-ring (bicyclic) bond motifs is 1. The fraction of sp³-hybridized carbons (Fsp3) is 0.0909. The molecular weight excluding hydrogens is 242 g/mol. The molecule has 0 atom stereocenters. The highest BCUT2D eigenvalue weighted by Gasteiger charge is 2.11. The second-order valence-corrected chi connectivity index (χ2v) is 4.32. The summed E-state index contributed by atoms with van der Waals surface area (Å²) in [5, 5.41) is 20.7. The van der Waals surface area contributed by atoms with Crippen molar-refractivity contribution in [3.63, 3.8) is 0 Å². The molecule has 17 heavy (non-hydrogen) atoms. The Morgan fingerprint density at radius 3 is 2.82 bits per heavy atom. The molecule has 0 spiro atoms. The number of aromatic hydroxyl groups is 1. The van der Waals surface area contributed by atoms with Gasteiger partial charge in [0, 0.05) is 11.1 Å². The standard InChI is InChI=1S/C11H9NO4S/c13-8(14)5-17-10-9(15)6-3-1-2-4-7(6)12-11(10)16/h1-4H,5H2,(H,13,14)(H2,12,15,16)/p-1. The minimum Gasteiger partial charge on any atom is -0.549 e. The van der Waals surface area contributed by atoms with Crippen LogP contribution >= 0.6 is 11.8 Å². The summed E-state index contributed by atoms with van der Waals surface area (Å²) in [6.45, 7) is 0. The smallest absolute Gasteiger partial charge is 0.265 e. The predicted octanol–water partition coefficient (Wildman–Crippen LogP) is 0.0757. The Labute approximate surface area is 100 Å². The van der Waals surface area contributed by atoms with Gasteiger partial charge in [0.25, 0.3) is 5.56 Å². The first-order valence-electron chi connectivity index (χ1n) is 4.76. The highest BCUT2D eigenvalue weighted by Crippen LogP contribution is 2.30. The molecule has 88 valence electrons. The summed E-state index contributed by atoms with van der Waals surface area (Å²) in [5.74, 6) is -1.87. The third-order valence-electron chi connectivity index (χ3n) is 2.19. The van der Waals surface area contributed by atoms with Crippen molar-refractivity contribution in [3.8, 4) is 5.75 Å². The van der Waals surface area contributed by atoms with Crippen molar-refractivity contribution in [1.29, 1.82) is 0 Å². The summed E-state index contributed by atoms with van der Waals surface area (Å²) >= 11 is 0.741. The summed E-state index contributed by atoms with van der Waals surface area (Å²) in [6.07, 6.45) is 0. The number of carboxylic acid groups (broad SMARTS) is 1. The first-order valence-corrected chi connectivity index (χ1v) is 5.75. The van der Waals surface area contributed by atoms with E-state index in [0.717, 1.165) is 11.8 Å². The van der Waals surface area contributed by atoms with Crippen LogP contribution in [0.2, 0.25) is 0 Å². The molecule has 1 aromatic heterocycles. The normalized spacial score (nSPS) is 10.6. The van der Waals surface area contributed by atoms with Crippen molar-refractivity contribution >= 4 is 28.6 Å². The number of para-hydroxylation sites is 1. The van der Waals surface area contributed by atoms with E-state index in [1.165, 1.54) is 0 Å². The fourth-order valence-corrected chi connectivity index (χ4v) is 2.16. The lowest BCUT2D eigenvalue weighted by atomic mass is 10.2. The highest BCUT2D eigenvalue weighted by atomic mass is 32.2. The van der Waals surface area contributed by atoms with E-state index in [1.54, 1.807) is 24.3 Å². The topological polar surface area (TPSA) is 93.2 Å². The average Bonchev–Trinajstić information content (AvgIpc) is 2.28. The Balaban J connectivity index is 2.56. The molecule has 0 radical (unpaired) electrons. The second-order valence-electron chi connectivity index (χ2n) is 3.34. The quantitative estimate of drug-likeness (QED) is 0.752. The van der Waals surface area contributed by atoms with Gasteiger partial charge in [-0.2, -0.15) is 0 Å². The molecule has 1 heterocycles. The number of benzene rings is 1. The summed E-state index contributed by atoms with van der Waals surface area (Å²) in [7, 11) is 0. The fourth-order valence-electron chi connectivity index (χ4n) is 1.47. The van der Waals surface area contributed by atoms with E-state index in [1.807, 2.05) is 0 Å². The van der Waals surface area contributed by atoms with E-state index in [2.05, 4.69) is 4.98 Å². The Morgan fingerprint density at radius 1 is 1.41 bits per heavy atom. The maximum Gasteiger partial charge on any atom is 0.265 e. The van der Waals surface area contributed by atoms with Crippen LogP contribution in [0.25, 0.3) is 10.9 Å². The van der Waals surface area contributed by atoms with E-state index in [4.69, 9.17) is 0 Å². The molecule has 0 amide bonds. The highest BCUT2D eigenvalue weighted by molar-refractivity contribution is 8.00. The number of aliphatic carboxylic acids is 1. The molecule has 0 saturated carbocycles. The number of carboxylic acids is 1. The van der Waals surface area contributed by atoms with Gasteiger partial charge in [-0.25, -0.2) is 0 Å². The number of hydrogen-bond donors (Lipinski definition) is 2. The number of carbonyl (C=O) groups is 1. The number of pyridine rings is 1. The number of nitrogens with one attached hydrogen (secondary N) is 1. The predicted molar refractivity (Wildman–Crippen MR) is 62.0 cm³/mol. The molecule has 0 saturated heterocycles. The van der Waals surface area contributed by atoms with Gasteiger partial charge in [0.05, 0.1) is 11.5 Å². The van der Waals surface area contributed by atoms with Crippen LogP contribution in [-0.4, -0.2) is 21.8 Å². The van der Waals surface area contributed by atoms with Gasteiger partial charge >= 0.3 is 0 Å². The summed E-state index contributed by atoms with van der Waals surface area (Å²) in [6, 6.07) is 6.74. The van der Waals surface area contributed by atoms with Gasteiger partial charge in [0.1, 0.15) is 10.6 Å². The van der Waals surface area contributed by atoms with Crippen molar-refractivity contribution in [2.75, 3.05) is 5.75 Å². The third-order valence-corrected chi connectivity index (χ3v) is 3.23. The number of rotatable bonds is 3. The van der Waals surface area contributed by atoms with Crippen molar-refractivity contribution < 1.29 is 15.0 Å². The summed E-state index contributed by atoms with van der Waals surface area (Å²) in [4.78, 5) is 24.5. The molecule has 1 aromatic carbocycles. The van der Waals surface area contributed by atoms with Crippen LogP contribution < -0.4 is 10.7 Å². The van der Waals surface area contributed by atoms with Gasteiger partial charge < -0.3 is 20.0 Å². The molecule has 0 bridgehead atoms. The number of aromatic amines is 1. The van der Waals surface area contributed by atoms with E-state index in [0.29, 0.717) is 10.9 Å². The van der Waals surface area contributed by atoms with Crippen LogP contribution in [0, 0.1) is 0 Å². The van der Waals surface area contributed by atoms with Gasteiger partial charge in [-0.1, -0.05) is 12.1 Å². The maximum atomic E-state index is 11.6. The minimum absolute atomic E-state index is 0.00657. The molecule has 0 unspecified atom stereocenters. The molecule has 5 nitrogen and oxygen atoms in total. The van der Waals surface area contributed by atoms with Crippen molar-refractivity contribution in [1.82, 2.24) is 4.98 Å². The monoisotopic (exact) mass is 250 g/mol. The van der Waals surface area contributed by atoms with E-state index >= 15 is 0 Å². The Hall–Kier alpha value is -1.95. The lowest BCUT2D eigenvalue weighted by Gasteiger charge is -2.07. The number of hydrogen-bond acceptors (Lipinski definition) is 5. The number of thioether (sulfide) groups is 1. The molecule has 2 rings (SSSR count). The van der Waals surface area contributed by atoms with Crippen LogP contribution in [-0.2, 0) is 4.79 Å². The molecular formula is C11H8NO4S-. The number of aromatic nitrogens is 1. The first kappa shape index (κ1) is 11.5. The van der Waals surface area contributed by atoms with Gasteiger partial charge in [-0.15, -0.1) is 11.8 Å². The zero-order valence-electron chi connectivity index (χ0n) is 8.60. The van der Waals surface area contributed by atoms with Crippen molar-refractivity contribution in [2.45, 2.75) is 4.90 Å². The van der Waals surface area contributed by atoms with Gasteiger partial charge in [0.15, 0.2) is 0 Å². The van der Waals surface area contributed by atoms with Crippen molar-refractivity contribution in [3.05, 3.63) is 34.6 Å². The number of H-pyrrole nitrogens is 1. The van der Waals surface area contributed by atoms with Gasteiger partial charge in [-0.05, 0) is 12.1 Å². The minimum atomic E-state index is -1.29. The van der Waals surface area contributed by atoms with Crippen LogP contribution in [0.1, 0.15) is 0 Å². The molecule has 2 N–H and O–H groups in total. The molecule has 0 aliphatic heterocycles. The lowest BCUT2D eigenvalue weighted by molar-refractivity contribution is -0.301. The number of carbonyl (C=O) groups excluding carboxylic acids is 1. The molecule has 2 aromatic rings. The van der Waals surface area contributed by atoms with E-state index < -0.39 is 11.5 Å². The zero-order valence-corrected chi connectivity index (χ0v) is 9.41. The van der Waals surface area contributed by atoms with Crippen LogP contribution in [0.5, 0.6) is 5.75 Å². The molecule has 0 aliphatic rings. The van der Waals surface area contributed by atoms with Crippen LogP contribution in [0.15, 0.2) is 34.0 Å². The van der Waals surface area contributed by atoms with Crippen LogP contribution in [0.4, 0.5) is 0 Å². The Bertz CT molecular complexity index is 635. The Morgan fingerprint density at radius 2 is 2.12 bits per heavy atom. The zero-order chi connectivity index (χ0) is 12.4.